The Morgan fingerprint density at radius 2 is 1.88 bits per heavy atom. The second-order valence-corrected chi connectivity index (χ2v) is 8.55. The summed E-state index contributed by atoms with van der Waals surface area (Å²) in [5.41, 5.74) is 0.822. The lowest BCUT2D eigenvalue weighted by Crippen LogP contribution is -2.55. The van der Waals surface area contributed by atoms with Crippen LogP contribution in [0.2, 0.25) is 0 Å². The third-order valence-electron chi connectivity index (χ3n) is 5.99. The van der Waals surface area contributed by atoms with Crippen LogP contribution in [-0.2, 0) is 4.79 Å². The number of anilines is 1. The van der Waals surface area contributed by atoms with Crippen molar-refractivity contribution in [1.29, 1.82) is 0 Å². The summed E-state index contributed by atoms with van der Waals surface area (Å²) in [6, 6.07) is 20.2. The summed E-state index contributed by atoms with van der Waals surface area (Å²) >= 11 is 0. The average Bonchev–Trinajstić information content (AvgIpc) is 2.80. The molecule has 1 heterocycles. The van der Waals surface area contributed by atoms with Crippen molar-refractivity contribution in [1.82, 2.24) is 9.80 Å². The zero-order chi connectivity index (χ0) is 23.2. The molecule has 3 aromatic carbocycles. The highest BCUT2D eigenvalue weighted by molar-refractivity contribution is 6.02. The van der Waals surface area contributed by atoms with Gasteiger partial charge in [-0.1, -0.05) is 48.5 Å². The first-order valence-corrected chi connectivity index (χ1v) is 11.3. The topological polar surface area (TPSA) is 65.0 Å². The van der Waals surface area contributed by atoms with Crippen LogP contribution in [0.5, 0.6) is 5.75 Å². The number of halogens is 1. The fraction of sp³-hybridized carbons (Fsp3) is 0.346. The lowest BCUT2D eigenvalue weighted by atomic mass is 10.1. The number of nitrogens with one attached hydrogen (secondary N) is 1. The summed E-state index contributed by atoms with van der Waals surface area (Å²) in [4.78, 5) is 17.0. The lowest BCUT2D eigenvalue weighted by Gasteiger charge is -2.40. The lowest BCUT2D eigenvalue weighted by molar-refractivity contribution is -0.118. The van der Waals surface area contributed by atoms with Crippen LogP contribution in [0.25, 0.3) is 10.8 Å². The zero-order valence-corrected chi connectivity index (χ0v) is 18.8. The zero-order valence-electron chi connectivity index (χ0n) is 18.8. The van der Waals surface area contributed by atoms with E-state index in [-0.39, 0.29) is 24.3 Å². The largest absolute Gasteiger partial charge is 0.488 e. The molecular weight excluding hydrogens is 421 g/mol. The Morgan fingerprint density at radius 1 is 1.12 bits per heavy atom. The van der Waals surface area contributed by atoms with Crippen LogP contribution in [0.3, 0.4) is 0 Å². The van der Waals surface area contributed by atoms with Crippen molar-refractivity contribution in [2.24, 2.45) is 0 Å². The van der Waals surface area contributed by atoms with Crippen molar-refractivity contribution < 1.29 is 19.0 Å². The number of aliphatic hydroxyl groups excluding tert-OH is 1. The molecule has 0 radical (unpaired) electrons. The number of fused-ring (bicyclic) bond motifs is 1. The quantitative estimate of drug-likeness (QED) is 0.550. The monoisotopic (exact) mass is 451 g/mol. The van der Waals surface area contributed by atoms with E-state index in [1.165, 1.54) is 6.07 Å². The van der Waals surface area contributed by atoms with E-state index in [0.717, 1.165) is 36.1 Å². The predicted molar refractivity (Wildman–Crippen MR) is 128 cm³/mol. The minimum absolute atomic E-state index is 0.0291. The molecule has 3 aromatic rings. The van der Waals surface area contributed by atoms with Crippen LogP contribution >= 0.6 is 0 Å². The van der Waals surface area contributed by atoms with Crippen LogP contribution in [0, 0.1) is 5.82 Å². The van der Waals surface area contributed by atoms with E-state index in [2.05, 4.69) is 22.0 Å². The number of amides is 1. The SMILES string of the molecule is C[C@H]1CN(CC(=O)Nc2cccc3ccccc23)CCN1C[C@@H](O)COc1ccccc1F. The van der Waals surface area contributed by atoms with Crippen molar-refractivity contribution in [3.63, 3.8) is 0 Å². The Hall–Kier alpha value is -3.00. The van der Waals surface area contributed by atoms with E-state index in [1.54, 1.807) is 18.2 Å². The van der Waals surface area contributed by atoms with Gasteiger partial charge in [-0.15, -0.1) is 0 Å². The Kier molecular flexibility index (Phi) is 7.54. The molecule has 0 spiro atoms. The number of carbonyl (C=O) groups is 1. The Bertz CT molecular complexity index is 1090. The van der Waals surface area contributed by atoms with Gasteiger partial charge in [0, 0.05) is 43.3 Å². The van der Waals surface area contributed by atoms with Gasteiger partial charge in [-0.2, -0.15) is 0 Å². The number of hydrogen-bond acceptors (Lipinski definition) is 5. The number of benzene rings is 3. The maximum atomic E-state index is 13.7. The van der Waals surface area contributed by atoms with Crippen molar-refractivity contribution >= 4 is 22.4 Å². The van der Waals surface area contributed by atoms with Gasteiger partial charge in [0.1, 0.15) is 12.7 Å². The van der Waals surface area contributed by atoms with E-state index in [1.807, 2.05) is 42.5 Å². The molecule has 0 bridgehead atoms. The first-order chi connectivity index (χ1) is 16.0. The average molecular weight is 452 g/mol. The van der Waals surface area contributed by atoms with Gasteiger partial charge in [0.2, 0.25) is 5.91 Å². The fourth-order valence-corrected chi connectivity index (χ4v) is 4.28. The van der Waals surface area contributed by atoms with Crippen LogP contribution in [0.15, 0.2) is 66.7 Å². The van der Waals surface area contributed by atoms with E-state index in [4.69, 9.17) is 4.74 Å². The number of ether oxygens (including phenoxy) is 1. The molecular formula is C26H30FN3O3. The van der Waals surface area contributed by atoms with Crippen LogP contribution in [-0.4, -0.2) is 72.3 Å². The molecule has 6 nitrogen and oxygen atoms in total. The number of carbonyl (C=O) groups excluding carboxylic acids is 1. The minimum Gasteiger partial charge on any atom is -0.488 e. The number of nitrogens with zero attached hydrogens (tertiary/aromatic N) is 2. The molecule has 4 rings (SSSR count). The summed E-state index contributed by atoms with van der Waals surface area (Å²) in [7, 11) is 0. The van der Waals surface area contributed by atoms with Gasteiger partial charge in [0.15, 0.2) is 11.6 Å². The first kappa shape index (κ1) is 23.2. The molecule has 1 amide bonds. The third-order valence-corrected chi connectivity index (χ3v) is 5.99. The Morgan fingerprint density at radius 3 is 2.70 bits per heavy atom. The number of para-hydroxylation sites is 1. The van der Waals surface area contributed by atoms with Gasteiger partial charge in [-0.3, -0.25) is 14.6 Å². The number of piperazine rings is 1. The number of aliphatic hydroxyl groups is 1. The maximum Gasteiger partial charge on any atom is 0.238 e. The highest BCUT2D eigenvalue weighted by Gasteiger charge is 2.26. The van der Waals surface area contributed by atoms with E-state index in [0.29, 0.717) is 13.1 Å². The van der Waals surface area contributed by atoms with Gasteiger partial charge >= 0.3 is 0 Å². The summed E-state index contributed by atoms with van der Waals surface area (Å²) in [5, 5.41) is 15.5. The number of rotatable bonds is 8. The standard InChI is InChI=1S/C26H30FN3O3/c1-19-15-29(17-26(32)28-24-11-6-8-20-7-2-3-9-22(20)24)13-14-30(19)16-21(31)18-33-25-12-5-4-10-23(25)27/h2-12,19,21,31H,13-18H2,1H3,(H,28,32)/t19-,21+/m0/s1. The van der Waals surface area contributed by atoms with E-state index >= 15 is 0 Å². The smallest absolute Gasteiger partial charge is 0.238 e. The normalized spacial score (nSPS) is 18.2. The molecule has 2 atom stereocenters. The molecule has 1 aliphatic rings. The van der Waals surface area contributed by atoms with Gasteiger partial charge in [0.25, 0.3) is 0 Å². The molecule has 1 fully saturated rings. The van der Waals surface area contributed by atoms with Crippen molar-refractivity contribution in [3.05, 3.63) is 72.5 Å². The summed E-state index contributed by atoms with van der Waals surface area (Å²) < 4.78 is 19.1. The molecule has 2 N–H and O–H groups in total. The molecule has 0 aliphatic carbocycles. The molecule has 0 saturated carbocycles. The maximum absolute atomic E-state index is 13.7. The van der Waals surface area contributed by atoms with Gasteiger partial charge in [-0.05, 0) is 30.5 Å². The van der Waals surface area contributed by atoms with Crippen LogP contribution in [0.4, 0.5) is 10.1 Å². The fourth-order valence-electron chi connectivity index (χ4n) is 4.28. The van der Waals surface area contributed by atoms with Crippen molar-refractivity contribution in [2.75, 3.05) is 44.6 Å². The summed E-state index contributed by atoms with van der Waals surface area (Å²) in [6.45, 7) is 5.06. The van der Waals surface area contributed by atoms with E-state index in [9.17, 15) is 14.3 Å². The number of hydrogen-bond donors (Lipinski definition) is 2. The second-order valence-electron chi connectivity index (χ2n) is 8.55. The van der Waals surface area contributed by atoms with Gasteiger partial charge < -0.3 is 15.2 Å². The summed E-state index contributed by atoms with van der Waals surface area (Å²) in [5.74, 6) is -0.328. The van der Waals surface area contributed by atoms with E-state index < -0.39 is 11.9 Å². The molecule has 1 saturated heterocycles. The molecule has 1 aliphatic heterocycles. The van der Waals surface area contributed by atoms with Crippen LogP contribution in [0.1, 0.15) is 6.92 Å². The minimum atomic E-state index is -0.728. The number of β-amino-alcohol motifs (C(OH)–C–C–N with tert-alkyl or cyclic N) is 1. The predicted octanol–water partition coefficient (Wildman–Crippen LogP) is 3.36. The van der Waals surface area contributed by atoms with Crippen molar-refractivity contribution in [3.8, 4) is 5.75 Å². The molecule has 7 heteroatoms. The van der Waals surface area contributed by atoms with Crippen molar-refractivity contribution in [2.45, 2.75) is 19.1 Å². The third kappa shape index (κ3) is 6.07. The van der Waals surface area contributed by atoms with Gasteiger partial charge in [0.05, 0.1) is 6.54 Å². The Labute approximate surface area is 193 Å². The molecule has 174 valence electrons. The highest BCUT2D eigenvalue weighted by Crippen LogP contribution is 2.23. The molecule has 33 heavy (non-hydrogen) atoms. The highest BCUT2D eigenvalue weighted by atomic mass is 19.1. The van der Waals surface area contributed by atoms with Crippen LogP contribution < -0.4 is 10.1 Å². The molecule has 0 unspecified atom stereocenters. The Balaban J connectivity index is 1.24. The molecule has 0 aromatic heterocycles. The first-order valence-electron chi connectivity index (χ1n) is 11.3. The van der Waals surface area contributed by atoms with Gasteiger partial charge in [-0.25, -0.2) is 4.39 Å². The summed E-state index contributed by atoms with van der Waals surface area (Å²) in [6.07, 6.45) is -0.728. The second kappa shape index (κ2) is 10.7.